The third-order valence-corrected chi connectivity index (χ3v) is 4.97. The van der Waals surface area contributed by atoms with Crippen LogP contribution in [0.5, 0.6) is 0 Å². The van der Waals surface area contributed by atoms with Gasteiger partial charge in [0, 0.05) is 22.5 Å². The van der Waals surface area contributed by atoms with Gasteiger partial charge in [-0.1, -0.05) is 48.5 Å². The Morgan fingerprint density at radius 3 is 2.57 bits per heavy atom. The summed E-state index contributed by atoms with van der Waals surface area (Å²) in [6.45, 7) is 0. The van der Waals surface area contributed by atoms with Crippen molar-refractivity contribution in [2.24, 2.45) is 5.92 Å². The minimum absolute atomic E-state index is 0.116. The number of aromatic nitrogens is 1. The first-order valence-corrected chi connectivity index (χ1v) is 7.99. The van der Waals surface area contributed by atoms with Crippen molar-refractivity contribution in [3.8, 4) is 0 Å². The van der Waals surface area contributed by atoms with Crippen LogP contribution in [0.15, 0.2) is 54.6 Å². The summed E-state index contributed by atoms with van der Waals surface area (Å²) in [4.78, 5) is 15.9. The largest absolute Gasteiger partial charge is 0.469 e. The van der Waals surface area contributed by atoms with E-state index in [2.05, 4.69) is 29.2 Å². The van der Waals surface area contributed by atoms with Crippen molar-refractivity contribution < 1.29 is 9.53 Å². The third kappa shape index (κ3) is 2.33. The number of methoxy groups -OCH3 is 1. The fourth-order valence-corrected chi connectivity index (χ4v) is 3.84. The highest BCUT2D eigenvalue weighted by Crippen LogP contribution is 2.40. The molecule has 0 fully saturated rings. The van der Waals surface area contributed by atoms with Crippen molar-refractivity contribution in [3.05, 3.63) is 71.4 Å². The highest BCUT2D eigenvalue weighted by molar-refractivity contribution is 5.86. The molecule has 0 saturated carbocycles. The molecule has 3 nitrogen and oxygen atoms in total. The van der Waals surface area contributed by atoms with Gasteiger partial charge in [-0.2, -0.15) is 0 Å². The van der Waals surface area contributed by atoms with E-state index in [-0.39, 0.29) is 17.8 Å². The van der Waals surface area contributed by atoms with Crippen LogP contribution in [0.1, 0.15) is 22.7 Å². The molecule has 23 heavy (non-hydrogen) atoms. The zero-order chi connectivity index (χ0) is 15.8. The van der Waals surface area contributed by atoms with Crippen LogP contribution in [0.25, 0.3) is 10.9 Å². The number of hydrogen-bond donors (Lipinski definition) is 1. The van der Waals surface area contributed by atoms with E-state index >= 15 is 0 Å². The van der Waals surface area contributed by atoms with Gasteiger partial charge < -0.3 is 9.72 Å². The van der Waals surface area contributed by atoms with E-state index in [9.17, 15) is 4.79 Å². The molecule has 0 unspecified atom stereocenters. The van der Waals surface area contributed by atoms with Gasteiger partial charge in [-0.05, 0) is 30.0 Å². The fraction of sp³-hybridized carbons (Fsp3) is 0.250. The van der Waals surface area contributed by atoms with Gasteiger partial charge in [0.15, 0.2) is 0 Å². The molecule has 0 saturated heterocycles. The molecule has 1 N–H and O–H groups in total. The molecule has 0 amide bonds. The van der Waals surface area contributed by atoms with E-state index in [1.807, 2.05) is 30.3 Å². The SMILES string of the molecule is COC(=O)[C@@H]1Cc2c([nH]c3ccccc23)C[C@@H]1c1ccccc1. The summed E-state index contributed by atoms with van der Waals surface area (Å²) in [7, 11) is 1.48. The van der Waals surface area contributed by atoms with E-state index in [4.69, 9.17) is 4.74 Å². The third-order valence-electron chi connectivity index (χ3n) is 4.97. The predicted octanol–water partition coefficient (Wildman–Crippen LogP) is 3.84. The molecule has 0 radical (unpaired) electrons. The van der Waals surface area contributed by atoms with Gasteiger partial charge in [0.1, 0.15) is 0 Å². The Labute approximate surface area is 135 Å². The average molecular weight is 305 g/mol. The van der Waals surface area contributed by atoms with Crippen LogP contribution >= 0.6 is 0 Å². The monoisotopic (exact) mass is 305 g/mol. The lowest BCUT2D eigenvalue weighted by Crippen LogP contribution is -2.31. The summed E-state index contributed by atoms with van der Waals surface area (Å²) < 4.78 is 5.10. The van der Waals surface area contributed by atoms with E-state index in [0.717, 1.165) is 18.4 Å². The second-order valence-corrected chi connectivity index (χ2v) is 6.18. The van der Waals surface area contributed by atoms with Gasteiger partial charge in [0.2, 0.25) is 0 Å². The Kier molecular flexibility index (Phi) is 3.41. The Morgan fingerprint density at radius 2 is 1.78 bits per heavy atom. The molecule has 116 valence electrons. The Morgan fingerprint density at radius 1 is 1.04 bits per heavy atom. The van der Waals surface area contributed by atoms with Crippen molar-refractivity contribution in [2.75, 3.05) is 7.11 Å². The lowest BCUT2D eigenvalue weighted by atomic mass is 9.74. The molecule has 0 bridgehead atoms. The number of esters is 1. The standard InChI is InChI=1S/C20H19NO2/c1-23-20(22)17-11-16-14-9-5-6-10-18(14)21-19(16)12-15(17)13-7-3-2-4-8-13/h2-10,15,17,21H,11-12H2,1H3/t15-,17-/m1/s1. The molecular weight excluding hydrogens is 286 g/mol. The number of aromatic amines is 1. The number of benzene rings is 2. The molecule has 1 aromatic heterocycles. The maximum atomic E-state index is 12.4. The maximum absolute atomic E-state index is 12.4. The van der Waals surface area contributed by atoms with Gasteiger partial charge in [0.25, 0.3) is 0 Å². The van der Waals surface area contributed by atoms with Gasteiger partial charge in [-0.25, -0.2) is 0 Å². The van der Waals surface area contributed by atoms with Gasteiger partial charge in [-0.15, -0.1) is 0 Å². The molecule has 1 aliphatic rings. The summed E-state index contributed by atoms with van der Waals surface area (Å²) in [6.07, 6.45) is 1.57. The first-order valence-electron chi connectivity index (χ1n) is 7.99. The van der Waals surface area contributed by atoms with Crippen molar-refractivity contribution in [1.29, 1.82) is 0 Å². The van der Waals surface area contributed by atoms with Crippen molar-refractivity contribution >= 4 is 16.9 Å². The molecule has 4 rings (SSSR count). The maximum Gasteiger partial charge on any atom is 0.309 e. The number of para-hydroxylation sites is 1. The minimum Gasteiger partial charge on any atom is -0.469 e. The van der Waals surface area contributed by atoms with E-state index in [1.165, 1.54) is 29.3 Å². The summed E-state index contributed by atoms with van der Waals surface area (Å²) in [5, 5.41) is 1.22. The molecule has 0 aliphatic heterocycles. The van der Waals surface area contributed by atoms with E-state index in [1.54, 1.807) is 0 Å². The van der Waals surface area contributed by atoms with E-state index in [0.29, 0.717) is 0 Å². The van der Waals surface area contributed by atoms with Gasteiger partial charge >= 0.3 is 5.97 Å². The summed E-state index contributed by atoms with van der Waals surface area (Å²) in [6, 6.07) is 18.6. The van der Waals surface area contributed by atoms with Crippen molar-refractivity contribution in [3.63, 3.8) is 0 Å². The molecule has 0 spiro atoms. The number of ether oxygens (including phenoxy) is 1. The Balaban J connectivity index is 1.82. The smallest absolute Gasteiger partial charge is 0.309 e. The van der Waals surface area contributed by atoms with Crippen molar-refractivity contribution in [2.45, 2.75) is 18.8 Å². The van der Waals surface area contributed by atoms with Gasteiger partial charge in [-0.3, -0.25) is 4.79 Å². The molecule has 1 heterocycles. The lowest BCUT2D eigenvalue weighted by Gasteiger charge is -2.30. The lowest BCUT2D eigenvalue weighted by molar-refractivity contribution is -0.146. The summed E-state index contributed by atoms with van der Waals surface area (Å²) >= 11 is 0. The number of hydrogen-bond acceptors (Lipinski definition) is 2. The number of fused-ring (bicyclic) bond motifs is 3. The number of carbonyl (C=O) groups is 1. The number of nitrogens with one attached hydrogen (secondary N) is 1. The number of rotatable bonds is 2. The van der Waals surface area contributed by atoms with E-state index < -0.39 is 0 Å². The zero-order valence-electron chi connectivity index (χ0n) is 13.1. The van der Waals surface area contributed by atoms with Crippen LogP contribution in [-0.4, -0.2) is 18.1 Å². The first-order chi connectivity index (χ1) is 11.3. The highest BCUT2D eigenvalue weighted by atomic mass is 16.5. The Bertz CT molecular complexity index is 850. The molecule has 2 atom stereocenters. The topological polar surface area (TPSA) is 42.1 Å². The number of H-pyrrole nitrogens is 1. The summed E-state index contributed by atoms with van der Waals surface area (Å²) in [5.41, 5.74) is 4.87. The van der Waals surface area contributed by atoms with Crippen LogP contribution in [-0.2, 0) is 22.4 Å². The zero-order valence-corrected chi connectivity index (χ0v) is 13.1. The normalized spacial score (nSPS) is 20.2. The predicted molar refractivity (Wildman–Crippen MR) is 90.4 cm³/mol. The minimum atomic E-state index is -0.130. The van der Waals surface area contributed by atoms with Crippen LogP contribution in [0, 0.1) is 5.92 Å². The van der Waals surface area contributed by atoms with Crippen LogP contribution in [0.2, 0.25) is 0 Å². The fourth-order valence-electron chi connectivity index (χ4n) is 3.84. The molecule has 3 aromatic rings. The second kappa shape index (κ2) is 5.58. The Hall–Kier alpha value is -2.55. The molecular formula is C20H19NO2. The average Bonchev–Trinajstić information content (AvgIpc) is 2.98. The summed E-state index contributed by atoms with van der Waals surface area (Å²) in [5.74, 6) is -0.0897. The molecule has 2 aromatic carbocycles. The van der Waals surface area contributed by atoms with Gasteiger partial charge in [0.05, 0.1) is 13.0 Å². The van der Waals surface area contributed by atoms with Crippen LogP contribution in [0.4, 0.5) is 0 Å². The van der Waals surface area contributed by atoms with Crippen LogP contribution in [0.3, 0.4) is 0 Å². The van der Waals surface area contributed by atoms with Crippen molar-refractivity contribution in [1.82, 2.24) is 4.98 Å². The van der Waals surface area contributed by atoms with Crippen LogP contribution < -0.4 is 0 Å². The molecule has 3 heteroatoms. The highest BCUT2D eigenvalue weighted by Gasteiger charge is 2.36. The molecule has 1 aliphatic carbocycles. The quantitative estimate of drug-likeness (QED) is 0.731. The second-order valence-electron chi connectivity index (χ2n) is 6.18. The first kappa shape index (κ1) is 14.1. The number of carbonyl (C=O) groups excluding carboxylic acids is 1.